The first-order chi connectivity index (χ1) is 8.42. The van der Waals surface area contributed by atoms with Crippen molar-refractivity contribution in [2.75, 3.05) is 24.5 Å². The molecule has 17 heavy (non-hydrogen) atoms. The summed E-state index contributed by atoms with van der Waals surface area (Å²) >= 11 is 0. The lowest BCUT2D eigenvalue weighted by atomic mass is 10.1. The van der Waals surface area contributed by atoms with E-state index >= 15 is 0 Å². The highest BCUT2D eigenvalue weighted by atomic mass is 15.2. The highest BCUT2D eigenvalue weighted by Gasteiger charge is 2.16. The highest BCUT2D eigenvalue weighted by molar-refractivity contribution is 5.40. The zero-order chi connectivity index (χ0) is 11.5. The monoisotopic (exact) mass is 231 g/mol. The van der Waals surface area contributed by atoms with Gasteiger partial charge in [-0.05, 0) is 50.3 Å². The highest BCUT2D eigenvalue weighted by Crippen LogP contribution is 2.18. The van der Waals surface area contributed by atoms with Gasteiger partial charge in [0.15, 0.2) is 0 Å². The van der Waals surface area contributed by atoms with E-state index in [1.165, 1.54) is 50.9 Å². The number of anilines is 1. The van der Waals surface area contributed by atoms with E-state index in [9.17, 15) is 0 Å². The molecule has 0 radical (unpaired) electrons. The molecule has 0 spiro atoms. The van der Waals surface area contributed by atoms with Gasteiger partial charge in [0, 0.05) is 25.3 Å². The number of nitrogens with zero attached hydrogens (tertiary/aromatic N) is 2. The van der Waals surface area contributed by atoms with Crippen molar-refractivity contribution in [1.29, 1.82) is 0 Å². The maximum absolute atomic E-state index is 4.60. The van der Waals surface area contributed by atoms with Gasteiger partial charge in [0.25, 0.3) is 0 Å². The number of nitrogens with one attached hydrogen (secondary N) is 1. The van der Waals surface area contributed by atoms with Crippen molar-refractivity contribution in [1.82, 2.24) is 10.3 Å². The van der Waals surface area contributed by atoms with Crippen molar-refractivity contribution in [2.45, 2.75) is 38.1 Å². The lowest BCUT2D eigenvalue weighted by Crippen LogP contribution is -2.24. The van der Waals surface area contributed by atoms with Crippen LogP contribution in [0.4, 0.5) is 5.82 Å². The lowest BCUT2D eigenvalue weighted by molar-refractivity contribution is 0.602. The fraction of sp³-hybridized carbons (Fsp3) is 0.643. The van der Waals surface area contributed by atoms with E-state index in [2.05, 4.69) is 33.5 Å². The Morgan fingerprint density at radius 2 is 2.12 bits per heavy atom. The Labute approximate surface area is 103 Å². The molecule has 1 N–H and O–H groups in total. The molecule has 2 aliphatic heterocycles. The standard InChI is InChI=1S/C14H21N3/c1-2-9-17(8-1)14-6-5-12(11-16-14)10-13-4-3-7-15-13/h5-6,11,13,15H,1-4,7-10H2. The first kappa shape index (κ1) is 11.0. The predicted molar refractivity (Wildman–Crippen MR) is 70.4 cm³/mol. The molecule has 92 valence electrons. The maximum atomic E-state index is 4.60. The number of hydrogen-bond acceptors (Lipinski definition) is 3. The second-order valence-electron chi connectivity index (χ2n) is 5.22. The SMILES string of the molecule is c1cc(N2CCCC2)ncc1CC1CCCN1. The molecule has 2 aliphatic rings. The largest absolute Gasteiger partial charge is 0.357 e. The summed E-state index contributed by atoms with van der Waals surface area (Å²) in [5.74, 6) is 1.16. The second-order valence-corrected chi connectivity index (χ2v) is 5.22. The van der Waals surface area contributed by atoms with Crippen LogP contribution in [0.3, 0.4) is 0 Å². The predicted octanol–water partition coefficient (Wildman–Crippen LogP) is 1.98. The molecule has 1 aromatic rings. The van der Waals surface area contributed by atoms with Gasteiger partial charge in [-0.1, -0.05) is 6.07 Å². The quantitative estimate of drug-likeness (QED) is 0.862. The zero-order valence-electron chi connectivity index (χ0n) is 10.4. The first-order valence-corrected chi connectivity index (χ1v) is 6.85. The Morgan fingerprint density at radius 3 is 2.76 bits per heavy atom. The molecule has 3 heterocycles. The summed E-state index contributed by atoms with van der Waals surface area (Å²) in [4.78, 5) is 6.99. The molecule has 1 unspecified atom stereocenters. The van der Waals surface area contributed by atoms with Crippen LogP contribution in [0.5, 0.6) is 0 Å². The molecule has 1 aromatic heterocycles. The Hall–Kier alpha value is -1.09. The molecule has 0 amide bonds. The van der Waals surface area contributed by atoms with Crippen molar-refractivity contribution >= 4 is 5.82 Å². The molecule has 0 saturated carbocycles. The van der Waals surface area contributed by atoms with Gasteiger partial charge in [-0.15, -0.1) is 0 Å². The van der Waals surface area contributed by atoms with Gasteiger partial charge < -0.3 is 10.2 Å². The van der Waals surface area contributed by atoms with Gasteiger partial charge >= 0.3 is 0 Å². The van der Waals surface area contributed by atoms with Gasteiger partial charge in [0.1, 0.15) is 5.82 Å². The van der Waals surface area contributed by atoms with Crippen LogP contribution in [0.1, 0.15) is 31.2 Å². The average molecular weight is 231 g/mol. The van der Waals surface area contributed by atoms with Crippen LogP contribution < -0.4 is 10.2 Å². The van der Waals surface area contributed by atoms with Crippen molar-refractivity contribution in [3.8, 4) is 0 Å². The van der Waals surface area contributed by atoms with E-state index in [4.69, 9.17) is 0 Å². The third-order valence-corrected chi connectivity index (χ3v) is 3.88. The van der Waals surface area contributed by atoms with Crippen LogP contribution in [0.15, 0.2) is 18.3 Å². The zero-order valence-corrected chi connectivity index (χ0v) is 10.4. The van der Waals surface area contributed by atoms with Crippen LogP contribution in [0.2, 0.25) is 0 Å². The van der Waals surface area contributed by atoms with E-state index in [1.54, 1.807) is 0 Å². The summed E-state index contributed by atoms with van der Waals surface area (Å²) in [5.41, 5.74) is 1.37. The molecule has 0 aromatic carbocycles. The minimum absolute atomic E-state index is 0.675. The fourth-order valence-electron chi connectivity index (χ4n) is 2.89. The molecule has 1 atom stereocenters. The summed E-state index contributed by atoms with van der Waals surface area (Å²) in [5, 5.41) is 3.54. The Bertz CT molecular complexity index is 348. The van der Waals surface area contributed by atoms with E-state index in [0.29, 0.717) is 6.04 Å². The van der Waals surface area contributed by atoms with Crippen molar-refractivity contribution in [2.24, 2.45) is 0 Å². The fourth-order valence-corrected chi connectivity index (χ4v) is 2.89. The summed E-state index contributed by atoms with van der Waals surface area (Å²) in [7, 11) is 0. The van der Waals surface area contributed by atoms with Crippen LogP contribution in [-0.2, 0) is 6.42 Å². The van der Waals surface area contributed by atoms with Crippen molar-refractivity contribution in [3.05, 3.63) is 23.9 Å². The number of pyridine rings is 1. The van der Waals surface area contributed by atoms with Gasteiger partial charge in [-0.25, -0.2) is 4.98 Å². The van der Waals surface area contributed by atoms with Crippen molar-refractivity contribution in [3.63, 3.8) is 0 Å². The average Bonchev–Trinajstić information content (AvgIpc) is 3.01. The number of aromatic nitrogens is 1. The van der Waals surface area contributed by atoms with Crippen LogP contribution in [-0.4, -0.2) is 30.7 Å². The number of rotatable bonds is 3. The molecule has 0 aliphatic carbocycles. The lowest BCUT2D eigenvalue weighted by Gasteiger charge is -2.17. The Kier molecular flexibility index (Phi) is 3.27. The molecule has 0 bridgehead atoms. The summed E-state index contributed by atoms with van der Waals surface area (Å²) in [6.07, 6.45) is 8.46. The third-order valence-electron chi connectivity index (χ3n) is 3.88. The number of hydrogen-bond donors (Lipinski definition) is 1. The third kappa shape index (κ3) is 2.60. The topological polar surface area (TPSA) is 28.2 Å². The minimum Gasteiger partial charge on any atom is -0.357 e. The molecule has 2 fully saturated rings. The minimum atomic E-state index is 0.675. The summed E-state index contributed by atoms with van der Waals surface area (Å²) < 4.78 is 0. The molecular weight excluding hydrogens is 210 g/mol. The van der Waals surface area contributed by atoms with Gasteiger partial charge in [0.2, 0.25) is 0 Å². The van der Waals surface area contributed by atoms with Crippen LogP contribution in [0, 0.1) is 0 Å². The Balaban J connectivity index is 1.62. The van der Waals surface area contributed by atoms with Crippen LogP contribution in [0.25, 0.3) is 0 Å². The summed E-state index contributed by atoms with van der Waals surface area (Å²) in [6.45, 7) is 3.54. The summed E-state index contributed by atoms with van der Waals surface area (Å²) in [6, 6.07) is 5.12. The normalized spacial score (nSPS) is 24.5. The van der Waals surface area contributed by atoms with Gasteiger partial charge in [0.05, 0.1) is 0 Å². The Morgan fingerprint density at radius 1 is 1.24 bits per heavy atom. The molecule has 2 saturated heterocycles. The van der Waals surface area contributed by atoms with Gasteiger partial charge in [-0.2, -0.15) is 0 Å². The van der Waals surface area contributed by atoms with E-state index in [0.717, 1.165) is 12.2 Å². The van der Waals surface area contributed by atoms with E-state index in [1.807, 2.05) is 0 Å². The first-order valence-electron chi connectivity index (χ1n) is 6.85. The molecule has 3 heteroatoms. The molecular formula is C14H21N3. The van der Waals surface area contributed by atoms with Crippen molar-refractivity contribution < 1.29 is 0 Å². The van der Waals surface area contributed by atoms with Gasteiger partial charge in [-0.3, -0.25) is 0 Å². The van der Waals surface area contributed by atoms with E-state index < -0.39 is 0 Å². The van der Waals surface area contributed by atoms with E-state index in [-0.39, 0.29) is 0 Å². The molecule has 3 nitrogen and oxygen atoms in total. The smallest absolute Gasteiger partial charge is 0.128 e. The maximum Gasteiger partial charge on any atom is 0.128 e. The van der Waals surface area contributed by atoms with Crippen LogP contribution >= 0.6 is 0 Å². The second kappa shape index (κ2) is 5.05. The molecule has 3 rings (SSSR count).